The largest absolute Gasteiger partial charge is 0.387 e. The third-order valence-corrected chi connectivity index (χ3v) is 13.0. The van der Waals surface area contributed by atoms with Crippen molar-refractivity contribution >= 4 is 55.8 Å². The highest BCUT2D eigenvalue weighted by molar-refractivity contribution is 6.31. The van der Waals surface area contributed by atoms with Gasteiger partial charge in [-0.25, -0.2) is 9.97 Å². The van der Waals surface area contributed by atoms with Gasteiger partial charge in [0.1, 0.15) is 0 Å². The fourth-order valence-electron chi connectivity index (χ4n) is 9.69. The van der Waals surface area contributed by atoms with Gasteiger partial charge in [-0.1, -0.05) is 108 Å². The Hall–Kier alpha value is -4.72. The molecule has 0 bridgehead atoms. The van der Waals surface area contributed by atoms with Gasteiger partial charge in [0.25, 0.3) is 0 Å². The van der Waals surface area contributed by atoms with Gasteiger partial charge in [-0.15, -0.1) is 0 Å². The molecule has 4 aromatic heterocycles. The highest BCUT2D eigenvalue weighted by atomic mass is 35.5. The molecule has 2 saturated carbocycles. The molecule has 0 radical (unpaired) electrons. The summed E-state index contributed by atoms with van der Waals surface area (Å²) >= 11 is 12.5. The van der Waals surface area contributed by atoms with E-state index in [4.69, 9.17) is 23.2 Å². The number of fused-ring (bicyclic) bond motifs is 4. The maximum Gasteiger partial charge on any atom is 0.0995 e. The molecule has 2 aliphatic carbocycles. The smallest absolute Gasteiger partial charge is 0.0995 e. The molecule has 2 N–H and O–H groups in total. The Morgan fingerprint density at radius 1 is 0.500 bits per heavy atom. The summed E-state index contributed by atoms with van der Waals surface area (Å²) in [5, 5.41) is 28.9. The van der Waals surface area contributed by atoms with Crippen LogP contribution in [0.1, 0.15) is 97.9 Å². The molecule has 0 unspecified atom stereocenters. The number of halogens is 2. The number of rotatable bonds is 6. The third-order valence-electron chi connectivity index (χ3n) is 12.6. The van der Waals surface area contributed by atoms with Gasteiger partial charge in [0.15, 0.2) is 0 Å². The maximum absolute atomic E-state index is 11.1. The van der Waals surface area contributed by atoms with E-state index in [0.717, 1.165) is 73.8 Å². The second kappa shape index (κ2) is 16.0. The summed E-state index contributed by atoms with van der Waals surface area (Å²) in [5.74, 6) is 1.61. The highest BCUT2D eigenvalue weighted by Gasteiger charge is 2.31. The summed E-state index contributed by atoms with van der Waals surface area (Å²) in [6.45, 7) is 0. The molecule has 2 fully saturated rings. The van der Waals surface area contributed by atoms with Crippen LogP contribution in [0.3, 0.4) is 0 Å². The van der Waals surface area contributed by atoms with E-state index in [2.05, 4.69) is 94.9 Å². The van der Waals surface area contributed by atoms with E-state index in [9.17, 15) is 10.2 Å². The molecule has 8 heteroatoms. The summed E-state index contributed by atoms with van der Waals surface area (Å²) in [7, 11) is 0. The van der Waals surface area contributed by atoms with Crippen molar-refractivity contribution < 1.29 is 10.2 Å². The maximum atomic E-state index is 11.1. The molecular formula is C48H46Cl2N4O2. The standard InChI is InChI=1S/2C24H23ClN2O/c2*25-19-12-20-14-26-15-27(20)23(13-19)24(28)18-10-8-17(9-11-18)22-7-3-5-16-4-1-2-6-21(16)22/h2*1-7,12-15,17-18,24,28H,8-11H2/t2*17?,18?,24-/m10/s1. The number of aromatic nitrogens is 4. The number of imidazole rings is 2. The molecule has 0 saturated heterocycles. The zero-order valence-corrected chi connectivity index (χ0v) is 32.8. The first-order valence-electron chi connectivity index (χ1n) is 20.0. The average molecular weight is 782 g/mol. The minimum Gasteiger partial charge on any atom is -0.387 e. The van der Waals surface area contributed by atoms with Crippen LogP contribution in [-0.2, 0) is 0 Å². The van der Waals surface area contributed by atoms with Crippen LogP contribution < -0.4 is 0 Å². The Morgan fingerprint density at radius 3 is 1.32 bits per heavy atom. The van der Waals surface area contributed by atoms with Crippen LogP contribution in [-0.4, -0.2) is 29.0 Å². The number of pyridine rings is 2. The summed E-state index contributed by atoms with van der Waals surface area (Å²) in [5.41, 5.74) is 6.43. The second-order valence-electron chi connectivity index (χ2n) is 15.8. The lowest BCUT2D eigenvalue weighted by Crippen LogP contribution is -2.21. The number of aliphatic hydroxyl groups excluding tert-OH is 2. The monoisotopic (exact) mass is 780 g/mol. The minimum atomic E-state index is -0.524. The molecule has 4 heterocycles. The van der Waals surface area contributed by atoms with Crippen molar-refractivity contribution in [1.82, 2.24) is 18.8 Å². The van der Waals surface area contributed by atoms with Crippen molar-refractivity contribution in [2.24, 2.45) is 11.8 Å². The Morgan fingerprint density at radius 2 is 0.893 bits per heavy atom. The van der Waals surface area contributed by atoms with Crippen molar-refractivity contribution in [3.05, 3.63) is 167 Å². The third kappa shape index (κ3) is 7.32. The van der Waals surface area contributed by atoms with E-state index in [1.807, 2.05) is 33.1 Å². The van der Waals surface area contributed by atoms with E-state index in [0.29, 0.717) is 21.9 Å². The summed E-state index contributed by atoms with van der Waals surface area (Å²) < 4.78 is 3.90. The van der Waals surface area contributed by atoms with Crippen LogP contribution in [0.15, 0.2) is 134 Å². The molecule has 56 heavy (non-hydrogen) atoms. The minimum absolute atomic E-state index is 0.246. The summed E-state index contributed by atoms with van der Waals surface area (Å²) in [4.78, 5) is 8.41. The van der Waals surface area contributed by atoms with Crippen molar-refractivity contribution in [2.75, 3.05) is 0 Å². The van der Waals surface area contributed by atoms with Gasteiger partial charge in [0.05, 0.1) is 59.7 Å². The lowest BCUT2D eigenvalue weighted by Gasteiger charge is -2.32. The quantitative estimate of drug-likeness (QED) is 0.176. The predicted molar refractivity (Wildman–Crippen MR) is 228 cm³/mol. The van der Waals surface area contributed by atoms with Gasteiger partial charge in [-0.2, -0.15) is 0 Å². The van der Waals surface area contributed by atoms with E-state index >= 15 is 0 Å². The zero-order chi connectivity index (χ0) is 38.2. The van der Waals surface area contributed by atoms with Crippen molar-refractivity contribution in [3.8, 4) is 0 Å². The number of hydrogen-bond donors (Lipinski definition) is 2. The predicted octanol–water partition coefficient (Wildman–Crippen LogP) is 12.3. The van der Waals surface area contributed by atoms with Gasteiger partial charge in [0, 0.05) is 10.0 Å². The van der Waals surface area contributed by atoms with Gasteiger partial charge < -0.3 is 19.0 Å². The summed E-state index contributed by atoms with van der Waals surface area (Å²) in [6.07, 6.45) is 14.5. The molecule has 8 aromatic rings. The molecule has 0 aliphatic heterocycles. The van der Waals surface area contributed by atoms with Crippen LogP contribution in [0.2, 0.25) is 10.0 Å². The number of nitrogens with zero attached hydrogens (tertiary/aromatic N) is 4. The van der Waals surface area contributed by atoms with E-state index in [1.54, 1.807) is 25.0 Å². The number of hydrogen-bond acceptors (Lipinski definition) is 4. The fraction of sp³-hybridized carbons (Fsp3) is 0.292. The fourth-order valence-corrected chi connectivity index (χ4v) is 10.1. The van der Waals surface area contributed by atoms with Crippen LogP contribution in [0, 0.1) is 11.8 Å². The SMILES string of the molecule is O[C@@H](c1cc(Cl)cc2cncn12)C1CCC(c2cccc3ccccc23)CC1.O[C@H](c1cc(Cl)cc2cncn12)C1CCC(c2cccc3ccccc23)CC1. The van der Waals surface area contributed by atoms with Crippen molar-refractivity contribution in [3.63, 3.8) is 0 Å². The van der Waals surface area contributed by atoms with Gasteiger partial charge in [-0.05, 0) is 132 Å². The molecular weight excluding hydrogens is 735 g/mol. The first kappa shape index (κ1) is 36.9. The number of benzene rings is 4. The lowest BCUT2D eigenvalue weighted by molar-refractivity contribution is 0.0762. The summed E-state index contributed by atoms with van der Waals surface area (Å²) in [6, 6.07) is 38.0. The van der Waals surface area contributed by atoms with E-state index in [-0.39, 0.29) is 11.8 Å². The molecule has 284 valence electrons. The Bertz CT molecular complexity index is 2430. The second-order valence-corrected chi connectivity index (χ2v) is 16.7. The average Bonchev–Trinajstić information content (AvgIpc) is 3.92. The normalized spacial score (nSPS) is 21.2. The Balaban J connectivity index is 0.000000146. The lowest BCUT2D eigenvalue weighted by atomic mass is 9.75. The first-order valence-corrected chi connectivity index (χ1v) is 20.7. The molecule has 0 amide bonds. The van der Waals surface area contributed by atoms with Crippen LogP contribution in [0.5, 0.6) is 0 Å². The highest BCUT2D eigenvalue weighted by Crippen LogP contribution is 2.44. The molecule has 2 aliphatic rings. The van der Waals surface area contributed by atoms with Crippen LogP contribution in [0.25, 0.3) is 32.6 Å². The van der Waals surface area contributed by atoms with Gasteiger partial charge in [-0.3, -0.25) is 0 Å². The zero-order valence-electron chi connectivity index (χ0n) is 31.3. The van der Waals surface area contributed by atoms with Crippen molar-refractivity contribution in [2.45, 2.75) is 75.4 Å². The number of aliphatic hydroxyl groups is 2. The van der Waals surface area contributed by atoms with Gasteiger partial charge >= 0.3 is 0 Å². The molecule has 10 rings (SSSR count). The topological polar surface area (TPSA) is 75.1 Å². The van der Waals surface area contributed by atoms with Crippen LogP contribution in [0.4, 0.5) is 0 Å². The molecule has 2 atom stereocenters. The molecule has 6 nitrogen and oxygen atoms in total. The van der Waals surface area contributed by atoms with Crippen LogP contribution >= 0.6 is 23.2 Å². The molecule has 4 aromatic carbocycles. The van der Waals surface area contributed by atoms with E-state index < -0.39 is 12.2 Å². The first-order chi connectivity index (χ1) is 27.4. The van der Waals surface area contributed by atoms with Crippen molar-refractivity contribution in [1.29, 1.82) is 0 Å². The Kier molecular flexibility index (Phi) is 10.6. The molecule has 0 spiro atoms. The van der Waals surface area contributed by atoms with E-state index in [1.165, 1.54) is 32.7 Å². The van der Waals surface area contributed by atoms with Gasteiger partial charge in [0.2, 0.25) is 0 Å². The Labute approximate surface area is 337 Å².